The maximum absolute atomic E-state index is 14.5. The van der Waals surface area contributed by atoms with Crippen molar-refractivity contribution in [2.24, 2.45) is 5.92 Å². The Balaban J connectivity index is 2.25. The first-order valence-corrected chi connectivity index (χ1v) is 7.64. The zero-order chi connectivity index (χ0) is 18.3. The van der Waals surface area contributed by atoms with Crippen LogP contribution in [0.25, 0.3) is 5.69 Å². The second-order valence-electron chi connectivity index (χ2n) is 6.07. The van der Waals surface area contributed by atoms with E-state index in [9.17, 15) is 18.8 Å². The molecular weight excluding hydrogens is 329 g/mol. The molecule has 0 saturated carbocycles. The second kappa shape index (κ2) is 6.04. The summed E-state index contributed by atoms with van der Waals surface area (Å²) in [6, 6.07) is 5.07. The molecule has 0 aliphatic carbocycles. The van der Waals surface area contributed by atoms with E-state index in [4.69, 9.17) is 10.5 Å². The number of nitrogen functional groups attached to an aromatic ring is 1. The molecule has 2 heterocycles. The molecule has 8 heteroatoms. The maximum Gasteiger partial charge on any atom is 0.262 e. The quantitative estimate of drug-likeness (QED) is 0.817. The van der Waals surface area contributed by atoms with Gasteiger partial charge in [0.25, 0.3) is 17.4 Å². The van der Waals surface area contributed by atoms with Crippen LogP contribution in [0.5, 0.6) is 5.75 Å². The van der Waals surface area contributed by atoms with Crippen LogP contribution < -0.4 is 21.3 Å². The molecule has 0 unspecified atom stereocenters. The first-order chi connectivity index (χ1) is 11.8. The van der Waals surface area contributed by atoms with E-state index in [-0.39, 0.29) is 34.3 Å². The molecule has 130 valence electrons. The standard InChI is InChI=1S/C17H16FN3O4/c1-8(2)7-25-11-5-3-4-10(18)14(11)21-12(22)6-9-13(15(21)19)17(24)20-16(9)23/h3-6,8H,7,19H2,1-2H3,(H,20,23,24). The van der Waals surface area contributed by atoms with Crippen molar-refractivity contribution in [1.29, 1.82) is 0 Å². The van der Waals surface area contributed by atoms with Gasteiger partial charge in [-0.25, -0.2) is 4.39 Å². The number of nitrogens with zero attached hydrogens (tertiary/aromatic N) is 1. The van der Waals surface area contributed by atoms with Gasteiger partial charge in [0.15, 0.2) is 5.82 Å². The highest BCUT2D eigenvalue weighted by Gasteiger charge is 2.32. The number of benzene rings is 1. The Morgan fingerprint density at radius 1 is 1.24 bits per heavy atom. The maximum atomic E-state index is 14.5. The van der Waals surface area contributed by atoms with E-state index < -0.39 is 23.2 Å². The summed E-state index contributed by atoms with van der Waals surface area (Å²) in [6.45, 7) is 4.14. The number of anilines is 1. The van der Waals surface area contributed by atoms with Gasteiger partial charge in [-0.05, 0) is 18.1 Å². The number of hydrogen-bond donors (Lipinski definition) is 2. The summed E-state index contributed by atoms with van der Waals surface area (Å²) in [5.41, 5.74) is 4.74. The summed E-state index contributed by atoms with van der Waals surface area (Å²) in [7, 11) is 0. The lowest BCUT2D eigenvalue weighted by molar-refractivity contribution is 0.0880. The van der Waals surface area contributed by atoms with Gasteiger partial charge in [-0.15, -0.1) is 0 Å². The van der Waals surface area contributed by atoms with E-state index in [1.54, 1.807) is 0 Å². The number of nitrogens with one attached hydrogen (secondary N) is 1. The van der Waals surface area contributed by atoms with Crippen LogP contribution in [0, 0.1) is 11.7 Å². The van der Waals surface area contributed by atoms with Crippen molar-refractivity contribution in [3.63, 3.8) is 0 Å². The number of rotatable bonds is 4. The molecule has 0 saturated heterocycles. The number of amides is 2. The first kappa shape index (κ1) is 16.7. The molecule has 0 radical (unpaired) electrons. The number of para-hydroxylation sites is 1. The van der Waals surface area contributed by atoms with Crippen LogP contribution in [0.2, 0.25) is 0 Å². The monoisotopic (exact) mass is 345 g/mol. The highest BCUT2D eigenvalue weighted by molar-refractivity contribution is 6.23. The van der Waals surface area contributed by atoms with Crippen LogP contribution in [0.1, 0.15) is 34.6 Å². The van der Waals surface area contributed by atoms with E-state index in [1.807, 2.05) is 13.8 Å². The highest BCUT2D eigenvalue weighted by Crippen LogP contribution is 2.30. The Morgan fingerprint density at radius 2 is 1.96 bits per heavy atom. The molecule has 0 bridgehead atoms. The van der Waals surface area contributed by atoms with Gasteiger partial charge in [-0.2, -0.15) is 0 Å². The van der Waals surface area contributed by atoms with Crippen LogP contribution in [0.15, 0.2) is 29.1 Å². The number of carbonyl (C=O) groups excluding carboxylic acids is 2. The SMILES string of the molecule is CC(C)COc1cccc(F)c1-n1c(N)c2c(cc1=O)C(=O)NC2=O. The van der Waals surface area contributed by atoms with Gasteiger partial charge in [0, 0.05) is 6.07 Å². The number of ether oxygens (including phenoxy) is 1. The largest absolute Gasteiger partial charge is 0.491 e. The molecule has 0 spiro atoms. The molecule has 1 aliphatic rings. The van der Waals surface area contributed by atoms with Gasteiger partial charge >= 0.3 is 0 Å². The molecule has 0 atom stereocenters. The van der Waals surface area contributed by atoms with Gasteiger partial charge in [-0.3, -0.25) is 24.3 Å². The van der Waals surface area contributed by atoms with Crippen LogP contribution in [0.4, 0.5) is 10.2 Å². The summed E-state index contributed by atoms with van der Waals surface area (Å²) in [5.74, 6) is -2.20. The van der Waals surface area contributed by atoms with Crippen LogP contribution in [-0.2, 0) is 0 Å². The lowest BCUT2D eigenvalue weighted by Crippen LogP contribution is -2.25. The third-order valence-electron chi connectivity index (χ3n) is 3.70. The zero-order valence-corrected chi connectivity index (χ0v) is 13.6. The normalized spacial score (nSPS) is 13.1. The number of pyridine rings is 1. The lowest BCUT2D eigenvalue weighted by atomic mass is 10.1. The Labute approximate surface area is 142 Å². The Hall–Kier alpha value is -3.16. The fourth-order valence-corrected chi connectivity index (χ4v) is 2.60. The van der Waals surface area contributed by atoms with Crippen molar-refractivity contribution in [3.05, 3.63) is 51.6 Å². The van der Waals surface area contributed by atoms with Gasteiger partial charge in [0.05, 0.1) is 17.7 Å². The van der Waals surface area contributed by atoms with Crippen molar-refractivity contribution >= 4 is 17.6 Å². The lowest BCUT2D eigenvalue weighted by Gasteiger charge is -2.17. The smallest absolute Gasteiger partial charge is 0.262 e. The first-order valence-electron chi connectivity index (χ1n) is 7.64. The van der Waals surface area contributed by atoms with Crippen LogP contribution in [0.3, 0.4) is 0 Å². The molecule has 2 aromatic rings. The van der Waals surface area contributed by atoms with E-state index in [0.717, 1.165) is 16.7 Å². The number of nitrogens with two attached hydrogens (primary N) is 1. The Bertz CT molecular complexity index is 950. The predicted octanol–water partition coefficient (Wildman–Crippen LogP) is 1.48. The molecule has 1 aromatic heterocycles. The third-order valence-corrected chi connectivity index (χ3v) is 3.70. The average Bonchev–Trinajstić information content (AvgIpc) is 2.81. The predicted molar refractivity (Wildman–Crippen MR) is 88.5 cm³/mol. The number of fused-ring (bicyclic) bond motifs is 1. The van der Waals surface area contributed by atoms with Crippen molar-refractivity contribution in [2.75, 3.05) is 12.3 Å². The molecule has 0 fully saturated rings. The zero-order valence-electron chi connectivity index (χ0n) is 13.6. The topological polar surface area (TPSA) is 103 Å². The molecule has 1 aliphatic heterocycles. The number of aromatic nitrogens is 1. The summed E-state index contributed by atoms with van der Waals surface area (Å²) in [6.07, 6.45) is 0. The van der Waals surface area contributed by atoms with Gasteiger partial charge in [-0.1, -0.05) is 19.9 Å². The van der Waals surface area contributed by atoms with E-state index in [1.165, 1.54) is 12.1 Å². The summed E-state index contributed by atoms with van der Waals surface area (Å²) in [4.78, 5) is 36.1. The molecule has 1 aromatic carbocycles. The average molecular weight is 345 g/mol. The second-order valence-corrected chi connectivity index (χ2v) is 6.07. The number of imide groups is 1. The number of carbonyl (C=O) groups is 2. The fraction of sp³-hybridized carbons (Fsp3) is 0.235. The van der Waals surface area contributed by atoms with Crippen molar-refractivity contribution < 1.29 is 18.7 Å². The highest BCUT2D eigenvalue weighted by atomic mass is 19.1. The molecule has 3 rings (SSSR count). The number of hydrogen-bond acceptors (Lipinski definition) is 5. The van der Waals surface area contributed by atoms with Crippen molar-refractivity contribution in [1.82, 2.24) is 9.88 Å². The fourth-order valence-electron chi connectivity index (χ4n) is 2.60. The minimum Gasteiger partial charge on any atom is -0.491 e. The van der Waals surface area contributed by atoms with Crippen molar-refractivity contribution in [2.45, 2.75) is 13.8 Å². The Kier molecular flexibility index (Phi) is 4.03. The van der Waals surface area contributed by atoms with E-state index in [2.05, 4.69) is 5.32 Å². The van der Waals surface area contributed by atoms with Crippen LogP contribution >= 0.6 is 0 Å². The summed E-state index contributed by atoms with van der Waals surface area (Å²) < 4.78 is 20.9. The third kappa shape index (κ3) is 2.75. The molecular formula is C17H16FN3O4. The van der Waals surface area contributed by atoms with Gasteiger partial charge in [0.1, 0.15) is 17.3 Å². The van der Waals surface area contributed by atoms with Gasteiger partial charge in [0.2, 0.25) is 0 Å². The Morgan fingerprint density at radius 3 is 2.64 bits per heavy atom. The minimum atomic E-state index is -0.736. The molecule has 7 nitrogen and oxygen atoms in total. The van der Waals surface area contributed by atoms with E-state index >= 15 is 0 Å². The number of halogens is 1. The van der Waals surface area contributed by atoms with Crippen LogP contribution in [-0.4, -0.2) is 23.0 Å². The summed E-state index contributed by atoms with van der Waals surface area (Å²) in [5, 5.41) is 2.06. The van der Waals surface area contributed by atoms with Gasteiger partial charge < -0.3 is 10.5 Å². The molecule has 2 amide bonds. The van der Waals surface area contributed by atoms with E-state index in [0.29, 0.717) is 6.61 Å². The molecule has 3 N–H and O–H groups in total. The van der Waals surface area contributed by atoms with Crippen molar-refractivity contribution in [3.8, 4) is 11.4 Å². The summed E-state index contributed by atoms with van der Waals surface area (Å²) >= 11 is 0. The molecule has 25 heavy (non-hydrogen) atoms. The minimum absolute atomic E-state index is 0.118.